The summed E-state index contributed by atoms with van der Waals surface area (Å²) in [5, 5.41) is 2.49. The molecular formula is C11H20N2OSSi. The smallest absolute Gasteiger partial charge is 0.184 e. The van der Waals surface area contributed by atoms with Gasteiger partial charge in [0.05, 0.1) is 17.3 Å². The van der Waals surface area contributed by atoms with Gasteiger partial charge >= 0.3 is 0 Å². The van der Waals surface area contributed by atoms with E-state index in [4.69, 9.17) is 4.43 Å². The molecule has 0 N–H and O–H groups in total. The predicted molar refractivity (Wildman–Crippen MR) is 71.6 cm³/mol. The Kier molecular flexibility index (Phi) is 3.34. The van der Waals surface area contributed by atoms with Crippen molar-refractivity contribution in [1.82, 2.24) is 4.90 Å². The largest absolute Gasteiger partial charge is 0.409 e. The van der Waals surface area contributed by atoms with Gasteiger partial charge in [-0.3, -0.25) is 0 Å². The lowest BCUT2D eigenvalue weighted by Gasteiger charge is -2.40. The van der Waals surface area contributed by atoms with Crippen molar-refractivity contribution in [3.63, 3.8) is 0 Å². The quantitative estimate of drug-likeness (QED) is 0.437. The van der Waals surface area contributed by atoms with Gasteiger partial charge in [0, 0.05) is 19.0 Å². The first-order chi connectivity index (χ1) is 7.45. The van der Waals surface area contributed by atoms with Crippen LogP contribution in [-0.4, -0.2) is 50.2 Å². The van der Waals surface area contributed by atoms with Crippen LogP contribution in [0.15, 0.2) is 4.99 Å². The summed E-state index contributed by atoms with van der Waals surface area (Å²) in [6.07, 6.45) is 1.25. The van der Waals surface area contributed by atoms with Crippen molar-refractivity contribution < 1.29 is 4.43 Å². The highest BCUT2D eigenvalue weighted by atomic mass is 32.1. The minimum atomic E-state index is -1.53. The number of piperidine rings is 1. The molecule has 5 heteroatoms. The molecule has 3 nitrogen and oxygen atoms in total. The molecule has 3 atom stereocenters. The molecule has 2 aliphatic heterocycles. The number of fused-ring (bicyclic) bond motifs is 2. The van der Waals surface area contributed by atoms with E-state index in [0.717, 1.165) is 6.54 Å². The third-order valence-electron chi connectivity index (χ3n) is 3.43. The molecule has 2 heterocycles. The van der Waals surface area contributed by atoms with E-state index < -0.39 is 8.32 Å². The lowest BCUT2D eigenvalue weighted by atomic mass is 9.88. The average Bonchev–Trinajstić information content (AvgIpc) is 2.72. The summed E-state index contributed by atoms with van der Waals surface area (Å²) < 4.78 is 6.44. The van der Waals surface area contributed by atoms with Gasteiger partial charge in [0.25, 0.3) is 0 Å². The van der Waals surface area contributed by atoms with E-state index in [-0.39, 0.29) is 5.60 Å². The fourth-order valence-electron chi connectivity index (χ4n) is 3.02. The van der Waals surface area contributed by atoms with Crippen LogP contribution in [0.1, 0.15) is 6.42 Å². The molecule has 0 aliphatic carbocycles. The van der Waals surface area contributed by atoms with Gasteiger partial charge in [-0.15, -0.1) is 0 Å². The third kappa shape index (κ3) is 2.44. The number of isothiocyanates is 1. The molecule has 90 valence electrons. The van der Waals surface area contributed by atoms with Gasteiger partial charge in [-0.1, -0.05) is 0 Å². The number of nitrogens with zero attached hydrogens (tertiary/aromatic N) is 2. The standard InChI is InChI=1S/C11H20N2OSSi/c1-16(2,3)14-11(7-12-9-15)8-13-5-4-10(11)6-13/h10H,4-8H2,1-3H3. The second-order valence-corrected chi connectivity index (χ2v) is 10.5. The Morgan fingerprint density at radius 1 is 1.56 bits per heavy atom. The number of rotatable bonds is 4. The molecule has 3 unspecified atom stereocenters. The Bertz CT molecular complexity index is 324. The van der Waals surface area contributed by atoms with Gasteiger partial charge in [0.2, 0.25) is 0 Å². The summed E-state index contributed by atoms with van der Waals surface area (Å²) in [7, 11) is -1.53. The molecule has 0 radical (unpaired) electrons. The van der Waals surface area contributed by atoms with Gasteiger partial charge < -0.3 is 9.33 Å². The van der Waals surface area contributed by atoms with Crippen LogP contribution in [0.4, 0.5) is 0 Å². The molecule has 2 aliphatic rings. The first-order valence-corrected chi connectivity index (χ1v) is 9.73. The molecule has 2 bridgehead atoms. The average molecular weight is 256 g/mol. The third-order valence-corrected chi connectivity index (χ3v) is 4.58. The van der Waals surface area contributed by atoms with E-state index in [2.05, 4.69) is 46.9 Å². The highest BCUT2D eigenvalue weighted by Crippen LogP contribution is 2.40. The van der Waals surface area contributed by atoms with E-state index in [9.17, 15) is 0 Å². The van der Waals surface area contributed by atoms with E-state index in [0.29, 0.717) is 12.5 Å². The van der Waals surface area contributed by atoms with Crippen molar-refractivity contribution in [3.8, 4) is 0 Å². The first-order valence-electron chi connectivity index (χ1n) is 5.91. The van der Waals surface area contributed by atoms with Crippen LogP contribution < -0.4 is 0 Å². The Labute approximate surface area is 104 Å². The monoisotopic (exact) mass is 256 g/mol. The van der Waals surface area contributed by atoms with Crippen molar-refractivity contribution in [1.29, 1.82) is 0 Å². The lowest BCUT2D eigenvalue weighted by molar-refractivity contribution is 0.0221. The Morgan fingerprint density at radius 3 is 2.75 bits per heavy atom. The summed E-state index contributed by atoms with van der Waals surface area (Å²) in [6.45, 7) is 10.9. The second-order valence-electron chi connectivity index (χ2n) is 5.91. The number of hydrogen-bond acceptors (Lipinski definition) is 4. The maximum atomic E-state index is 6.44. The zero-order valence-electron chi connectivity index (χ0n) is 10.3. The van der Waals surface area contributed by atoms with E-state index in [1.165, 1.54) is 19.5 Å². The Morgan fingerprint density at radius 2 is 2.31 bits per heavy atom. The van der Waals surface area contributed by atoms with Crippen LogP contribution in [-0.2, 0) is 4.43 Å². The molecule has 16 heavy (non-hydrogen) atoms. The summed E-state index contributed by atoms with van der Waals surface area (Å²) in [5.41, 5.74) is -0.0610. The number of thiocarbonyl (C=S) groups is 1. The Hall–Kier alpha value is -0.0631. The van der Waals surface area contributed by atoms with E-state index in [1.54, 1.807) is 0 Å². The fourth-order valence-corrected chi connectivity index (χ4v) is 4.60. The molecule has 2 saturated heterocycles. The molecule has 2 rings (SSSR count). The summed E-state index contributed by atoms with van der Waals surface area (Å²) >= 11 is 4.69. The molecule has 0 amide bonds. The van der Waals surface area contributed by atoms with Crippen LogP contribution >= 0.6 is 12.2 Å². The van der Waals surface area contributed by atoms with Crippen LogP contribution in [0.2, 0.25) is 19.6 Å². The van der Waals surface area contributed by atoms with Crippen molar-refractivity contribution in [2.45, 2.75) is 31.7 Å². The fraction of sp³-hybridized carbons (Fsp3) is 0.909. The van der Waals surface area contributed by atoms with Crippen molar-refractivity contribution in [2.24, 2.45) is 10.9 Å². The normalized spacial score (nSPS) is 37.4. The minimum Gasteiger partial charge on any atom is -0.409 e. The summed E-state index contributed by atoms with van der Waals surface area (Å²) in [5.74, 6) is 0.645. The van der Waals surface area contributed by atoms with E-state index >= 15 is 0 Å². The second kappa shape index (κ2) is 4.31. The molecule has 0 spiro atoms. The maximum absolute atomic E-state index is 6.44. The van der Waals surface area contributed by atoms with Crippen molar-refractivity contribution in [3.05, 3.63) is 0 Å². The van der Waals surface area contributed by atoms with Crippen molar-refractivity contribution in [2.75, 3.05) is 26.2 Å². The van der Waals surface area contributed by atoms with Gasteiger partial charge in [-0.05, 0) is 44.8 Å². The minimum absolute atomic E-state index is 0.0610. The molecular weight excluding hydrogens is 236 g/mol. The van der Waals surface area contributed by atoms with Gasteiger partial charge in [-0.2, -0.15) is 0 Å². The molecule has 0 aromatic carbocycles. The molecule has 2 fully saturated rings. The first kappa shape index (κ1) is 12.4. The summed E-state index contributed by atoms with van der Waals surface area (Å²) in [6, 6.07) is 0. The maximum Gasteiger partial charge on any atom is 0.184 e. The van der Waals surface area contributed by atoms with E-state index in [1.807, 2.05) is 0 Å². The zero-order chi connectivity index (χ0) is 11.8. The predicted octanol–water partition coefficient (Wildman–Crippen LogP) is 2.02. The van der Waals surface area contributed by atoms with Crippen LogP contribution in [0.5, 0.6) is 0 Å². The highest BCUT2D eigenvalue weighted by molar-refractivity contribution is 7.78. The van der Waals surface area contributed by atoms with Crippen LogP contribution in [0.25, 0.3) is 0 Å². The van der Waals surface area contributed by atoms with Crippen LogP contribution in [0, 0.1) is 5.92 Å². The highest BCUT2D eigenvalue weighted by Gasteiger charge is 2.52. The zero-order valence-corrected chi connectivity index (χ0v) is 12.1. The number of aliphatic imine (C=N–C) groups is 1. The molecule has 0 aromatic heterocycles. The number of hydrogen-bond donors (Lipinski definition) is 0. The molecule has 0 saturated carbocycles. The molecule has 0 aromatic rings. The lowest BCUT2D eigenvalue weighted by Crippen LogP contribution is -2.53. The SMILES string of the molecule is C[Si](C)(C)OC1(CN=C=S)CN2CCC1C2. The van der Waals surface area contributed by atoms with Gasteiger partial charge in [0.15, 0.2) is 8.32 Å². The Balaban J connectivity index is 2.16. The topological polar surface area (TPSA) is 24.8 Å². The van der Waals surface area contributed by atoms with Crippen LogP contribution in [0.3, 0.4) is 0 Å². The summed E-state index contributed by atoms with van der Waals surface area (Å²) in [4.78, 5) is 6.65. The van der Waals surface area contributed by atoms with Crippen molar-refractivity contribution >= 4 is 25.7 Å². The van der Waals surface area contributed by atoms with Gasteiger partial charge in [0.1, 0.15) is 0 Å². The van der Waals surface area contributed by atoms with Gasteiger partial charge in [-0.25, -0.2) is 4.99 Å².